The minimum atomic E-state index is -0.479. The van der Waals surface area contributed by atoms with Crippen molar-refractivity contribution in [3.63, 3.8) is 0 Å². The van der Waals surface area contributed by atoms with Gasteiger partial charge >= 0.3 is 0 Å². The first kappa shape index (κ1) is 11.0. The zero-order valence-electron chi connectivity index (χ0n) is 8.44. The van der Waals surface area contributed by atoms with Crippen LogP contribution in [0.15, 0.2) is 0 Å². The van der Waals surface area contributed by atoms with Gasteiger partial charge in [0.2, 0.25) is 0 Å². The summed E-state index contributed by atoms with van der Waals surface area (Å²) in [5.41, 5.74) is 0. The Morgan fingerprint density at radius 1 is 1.29 bits per heavy atom. The highest BCUT2D eigenvalue weighted by Gasteiger charge is 2.20. The summed E-state index contributed by atoms with van der Waals surface area (Å²) in [6, 6.07) is 4.30. The molecule has 0 radical (unpaired) electrons. The van der Waals surface area contributed by atoms with Crippen molar-refractivity contribution in [3.05, 3.63) is 0 Å². The lowest BCUT2D eigenvalue weighted by Crippen LogP contribution is -2.42. The second kappa shape index (κ2) is 5.59. The van der Waals surface area contributed by atoms with Gasteiger partial charge in [-0.05, 0) is 13.3 Å². The molecule has 1 aliphatic rings. The molecule has 0 aromatic carbocycles. The van der Waals surface area contributed by atoms with Gasteiger partial charge in [0, 0.05) is 19.1 Å². The number of nitriles is 2. The third-order valence-corrected chi connectivity index (χ3v) is 2.56. The molecule has 0 aromatic heterocycles. The van der Waals surface area contributed by atoms with E-state index in [1.54, 1.807) is 0 Å². The van der Waals surface area contributed by atoms with Crippen LogP contribution in [0, 0.1) is 28.6 Å². The Morgan fingerprint density at radius 3 is 2.36 bits per heavy atom. The lowest BCUT2D eigenvalue weighted by atomic mass is 10.0. The summed E-state index contributed by atoms with van der Waals surface area (Å²) in [6.45, 7) is 5.39. The second-order valence-electron chi connectivity index (χ2n) is 3.54. The molecule has 0 aromatic rings. The molecule has 1 saturated heterocycles. The minimum absolute atomic E-state index is 0.295. The van der Waals surface area contributed by atoms with Crippen LogP contribution < -0.4 is 0 Å². The zero-order valence-corrected chi connectivity index (χ0v) is 8.44. The van der Waals surface area contributed by atoms with Gasteiger partial charge in [-0.2, -0.15) is 10.5 Å². The molecule has 0 saturated carbocycles. The average Bonchev–Trinajstić information content (AvgIpc) is 2.26. The summed E-state index contributed by atoms with van der Waals surface area (Å²) in [5.74, 6) is -0.479. The fourth-order valence-electron chi connectivity index (χ4n) is 1.64. The number of ether oxygens (including phenoxy) is 1. The standard InChI is InChI=1S/C10H15N3O/c1-9(6-10(7-11)8-12)13-2-4-14-5-3-13/h9-10H,2-6H2,1H3. The van der Waals surface area contributed by atoms with Crippen LogP contribution in [0.3, 0.4) is 0 Å². The van der Waals surface area contributed by atoms with Gasteiger partial charge in [0.05, 0.1) is 25.4 Å². The molecule has 14 heavy (non-hydrogen) atoms. The Morgan fingerprint density at radius 2 is 1.86 bits per heavy atom. The molecule has 0 aliphatic carbocycles. The van der Waals surface area contributed by atoms with Crippen LogP contribution in [0.5, 0.6) is 0 Å². The molecule has 4 heteroatoms. The largest absolute Gasteiger partial charge is 0.379 e. The van der Waals surface area contributed by atoms with Crippen LogP contribution in [0.1, 0.15) is 13.3 Å². The fourth-order valence-corrected chi connectivity index (χ4v) is 1.64. The second-order valence-corrected chi connectivity index (χ2v) is 3.54. The quantitative estimate of drug-likeness (QED) is 0.664. The lowest BCUT2D eigenvalue weighted by molar-refractivity contribution is 0.0177. The van der Waals surface area contributed by atoms with Crippen molar-refractivity contribution < 1.29 is 4.74 Å². The minimum Gasteiger partial charge on any atom is -0.379 e. The van der Waals surface area contributed by atoms with Crippen molar-refractivity contribution in [2.75, 3.05) is 26.3 Å². The number of rotatable bonds is 3. The van der Waals surface area contributed by atoms with Crippen LogP contribution in [0.4, 0.5) is 0 Å². The molecule has 1 aliphatic heterocycles. The third kappa shape index (κ3) is 2.99. The van der Waals surface area contributed by atoms with E-state index < -0.39 is 5.92 Å². The molecule has 1 atom stereocenters. The highest BCUT2D eigenvalue weighted by atomic mass is 16.5. The molecule has 1 rings (SSSR count). The highest BCUT2D eigenvalue weighted by Crippen LogP contribution is 2.12. The predicted octanol–water partition coefficient (Wildman–Crippen LogP) is 0.761. The van der Waals surface area contributed by atoms with Gasteiger partial charge in [-0.1, -0.05) is 0 Å². The molecule has 1 unspecified atom stereocenters. The summed E-state index contributed by atoms with van der Waals surface area (Å²) in [4.78, 5) is 2.27. The molecule has 0 bridgehead atoms. The Hall–Kier alpha value is -1.10. The van der Waals surface area contributed by atoms with Gasteiger partial charge in [-0.25, -0.2) is 0 Å². The van der Waals surface area contributed by atoms with Crippen LogP contribution in [0.25, 0.3) is 0 Å². The van der Waals surface area contributed by atoms with Gasteiger partial charge in [0.1, 0.15) is 5.92 Å². The van der Waals surface area contributed by atoms with E-state index in [0.29, 0.717) is 12.5 Å². The SMILES string of the molecule is CC(CC(C#N)C#N)N1CCOCC1. The molecule has 0 amide bonds. The van der Waals surface area contributed by atoms with Gasteiger partial charge in [-0.15, -0.1) is 0 Å². The molecule has 1 heterocycles. The molecular weight excluding hydrogens is 178 g/mol. The van der Waals surface area contributed by atoms with Crippen LogP contribution in [-0.2, 0) is 4.74 Å². The van der Waals surface area contributed by atoms with E-state index in [9.17, 15) is 0 Å². The maximum absolute atomic E-state index is 8.66. The lowest BCUT2D eigenvalue weighted by Gasteiger charge is -2.32. The highest BCUT2D eigenvalue weighted by molar-refractivity contribution is 5.00. The molecule has 0 N–H and O–H groups in total. The maximum Gasteiger partial charge on any atom is 0.134 e. The van der Waals surface area contributed by atoms with Crippen molar-refractivity contribution in [3.8, 4) is 12.1 Å². The molecule has 4 nitrogen and oxygen atoms in total. The summed E-state index contributed by atoms with van der Waals surface area (Å²) in [5, 5.41) is 17.3. The fraction of sp³-hybridized carbons (Fsp3) is 0.800. The summed E-state index contributed by atoms with van der Waals surface area (Å²) in [6.07, 6.45) is 0.632. The van der Waals surface area contributed by atoms with Crippen molar-refractivity contribution in [2.45, 2.75) is 19.4 Å². The van der Waals surface area contributed by atoms with Crippen molar-refractivity contribution >= 4 is 0 Å². The summed E-state index contributed by atoms with van der Waals surface area (Å²) >= 11 is 0. The zero-order chi connectivity index (χ0) is 10.4. The smallest absolute Gasteiger partial charge is 0.134 e. The van der Waals surface area contributed by atoms with E-state index in [1.165, 1.54) is 0 Å². The van der Waals surface area contributed by atoms with Gasteiger partial charge in [0.25, 0.3) is 0 Å². The van der Waals surface area contributed by atoms with E-state index in [4.69, 9.17) is 15.3 Å². The topological polar surface area (TPSA) is 60.0 Å². The Kier molecular flexibility index (Phi) is 4.39. The first-order valence-electron chi connectivity index (χ1n) is 4.89. The first-order chi connectivity index (χ1) is 6.77. The van der Waals surface area contributed by atoms with Crippen LogP contribution in [0.2, 0.25) is 0 Å². The maximum atomic E-state index is 8.66. The normalized spacial score (nSPS) is 20.0. The third-order valence-electron chi connectivity index (χ3n) is 2.56. The molecule has 0 spiro atoms. The summed E-state index contributed by atoms with van der Waals surface area (Å²) in [7, 11) is 0. The number of hydrogen-bond acceptors (Lipinski definition) is 4. The van der Waals surface area contributed by atoms with E-state index in [1.807, 2.05) is 12.1 Å². The van der Waals surface area contributed by atoms with Gasteiger partial charge in [-0.3, -0.25) is 4.90 Å². The van der Waals surface area contributed by atoms with E-state index in [2.05, 4.69) is 11.8 Å². The van der Waals surface area contributed by atoms with Crippen molar-refractivity contribution in [1.82, 2.24) is 4.90 Å². The summed E-state index contributed by atoms with van der Waals surface area (Å²) < 4.78 is 5.24. The Bertz CT molecular complexity index is 233. The average molecular weight is 193 g/mol. The van der Waals surface area contributed by atoms with Crippen LogP contribution in [-0.4, -0.2) is 37.2 Å². The number of hydrogen-bond donors (Lipinski definition) is 0. The Balaban J connectivity index is 2.37. The number of morpholine rings is 1. The molecule has 1 fully saturated rings. The van der Waals surface area contributed by atoms with Gasteiger partial charge < -0.3 is 4.74 Å². The van der Waals surface area contributed by atoms with E-state index in [-0.39, 0.29) is 0 Å². The molecule has 76 valence electrons. The van der Waals surface area contributed by atoms with E-state index in [0.717, 1.165) is 26.3 Å². The molecular formula is C10H15N3O. The van der Waals surface area contributed by atoms with Gasteiger partial charge in [0.15, 0.2) is 0 Å². The Labute approximate surface area is 84.7 Å². The predicted molar refractivity (Wildman–Crippen MR) is 51.2 cm³/mol. The van der Waals surface area contributed by atoms with Crippen molar-refractivity contribution in [1.29, 1.82) is 10.5 Å². The monoisotopic (exact) mass is 193 g/mol. The van der Waals surface area contributed by atoms with Crippen LogP contribution >= 0.6 is 0 Å². The van der Waals surface area contributed by atoms with E-state index >= 15 is 0 Å². The van der Waals surface area contributed by atoms with Crippen molar-refractivity contribution in [2.24, 2.45) is 5.92 Å². The first-order valence-corrected chi connectivity index (χ1v) is 4.89. The number of nitrogens with zero attached hydrogens (tertiary/aromatic N) is 3.